The number of carbonyl (C=O) groups is 1. The summed E-state index contributed by atoms with van der Waals surface area (Å²) in [7, 11) is 1.58. The van der Waals surface area contributed by atoms with Crippen molar-refractivity contribution < 1.29 is 13.9 Å². The first-order valence-electron chi connectivity index (χ1n) is 8.56. The Morgan fingerprint density at radius 1 is 1.14 bits per heavy atom. The average Bonchev–Trinajstić information content (AvgIpc) is 3.36. The van der Waals surface area contributed by atoms with Crippen molar-refractivity contribution in [2.75, 3.05) is 12.9 Å². The van der Waals surface area contributed by atoms with E-state index in [2.05, 4.69) is 25.3 Å². The van der Waals surface area contributed by atoms with Crippen molar-refractivity contribution in [2.45, 2.75) is 23.1 Å². The van der Waals surface area contributed by atoms with E-state index in [0.29, 0.717) is 39.1 Å². The highest BCUT2D eigenvalue weighted by Crippen LogP contribution is 2.23. The van der Waals surface area contributed by atoms with Crippen LogP contribution < -0.4 is 4.74 Å². The van der Waals surface area contributed by atoms with Crippen molar-refractivity contribution in [2.24, 2.45) is 0 Å². The normalized spacial score (nSPS) is 11.1. The van der Waals surface area contributed by atoms with Crippen LogP contribution in [0.4, 0.5) is 0 Å². The summed E-state index contributed by atoms with van der Waals surface area (Å²) in [6, 6.07) is 8.84. The Balaban J connectivity index is 1.31. The molecule has 9 nitrogen and oxygen atoms in total. The van der Waals surface area contributed by atoms with Crippen molar-refractivity contribution in [3.63, 3.8) is 0 Å². The minimum absolute atomic E-state index is 0.0246. The van der Waals surface area contributed by atoms with Gasteiger partial charge in [0.05, 0.1) is 18.6 Å². The van der Waals surface area contributed by atoms with Gasteiger partial charge in [0.25, 0.3) is 11.0 Å². The quantitative estimate of drug-likeness (QED) is 0.307. The number of hydrogen-bond acceptors (Lipinski definition) is 10. The number of rotatable bonds is 8. The van der Waals surface area contributed by atoms with E-state index in [1.54, 1.807) is 35.9 Å². The fourth-order valence-electron chi connectivity index (χ4n) is 2.38. The summed E-state index contributed by atoms with van der Waals surface area (Å²) in [6.45, 7) is 1.90. The number of ketones is 1. The summed E-state index contributed by atoms with van der Waals surface area (Å²) >= 11 is 2.58. The maximum atomic E-state index is 12.3. The SMILES string of the molecule is COc1ccc(C(=O)CSc2nnc(CSc3nc4nc(C)ccn4n3)o2)cc1. The van der Waals surface area contributed by atoms with Crippen LogP contribution in [-0.4, -0.2) is 48.4 Å². The van der Waals surface area contributed by atoms with Gasteiger partial charge in [0.2, 0.25) is 11.0 Å². The molecule has 0 unspecified atom stereocenters. The van der Waals surface area contributed by atoms with E-state index in [9.17, 15) is 4.79 Å². The Morgan fingerprint density at radius 2 is 1.97 bits per heavy atom. The largest absolute Gasteiger partial charge is 0.497 e. The summed E-state index contributed by atoms with van der Waals surface area (Å²) in [5.41, 5.74) is 1.49. The lowest BCUT2D eigenvalue weighted by Crippen LogP contribution is -2.02. The van der Waals surface area contributed by atoms with Crippen LogP contribution >= 0.6 is 23.5 Å². The highest BCUT2D eigenvalue weighted by atomic mass is 32.2. The van der Waals surface area contributed by atoms with Gasteiger partial charge in [-0.15, -0.1) is 15.3 Å². The van der Waals surface area contributed by atoms with Crippen LogP contribution in [0, 0.1) is 6.92 Å². The second kappa shape index (κ2) is 8.62. The third-order valence-electron chi connectivity index (χ3n) is 3.84. The summed E-state index contributed by atoms with van der Waals surface area (Å²) in [5, 5.41) is 13.2. The lowest BCUT2D eigenvalue weighted by atomic mass is 10.1. The lowest BCUT2D eigenvalue weighted by molar-refractivity contribution is 0.102. The standard InChI is InChI=1S/C18H16N6O3S2/c1-11-7-8-24-16(19-11)20-17(23-24)28-10-15-21-22-18(27-15)29-9-14(25)12-3-5-13(26-2)6-4-12/h3-8H,9-10H2,1-2H3. The number of fused-ring (bicyclic) bond motifs is 1. The van der Waals surface area contributed by atoms with Gasteiger partial charge in [0, 0.05) is 17.5 Å². The van der Waals surface area contributed by atoms with Gasteiger partial charge < -0.3 is 9.15 Å². The van der Waals surface area contributed by atoms with Gasteiger partial charge in [0.1, 0.15) is 5.75 Å². The Kier molecular flexibility index (Phi) is 5.76. The number of aryl methyl sites for hydroxylation is 1. The number of Topliss-reactive ketones (excluding diaryl/α,β-unsaturated/α-hetero) is 1. The maximum absolute atomic E-state index is 12.3. The predicted octanol–water partition coefficient (Wildman–Crippen LogP) is 3.09. The van der Waals surface area contributed by atoms with Crippen molar-refractivity contribution in [3.05, 3.63) is 53.7 Å². The minimum atomic E-state index is -0.0246. The van der Waals surface area contributed by atoms with Crippen LogP contribution in [0.25, 0.3) is 5.78 Å². The molecule has 0 radical (unpaired) electrons. The van der Waals surface area contributed by atoms with E-state index in [1.165, 1.54) is 23.5 Å². The van der Waals surface area contributed by atoms with Crippen LogP contribution in [0.2, 0.25) is 0 Å². The van der Waals surface area contributed by atoms with Crippen LogP contribution in [0.5, 0.6) is 5.75 Å². The molecule has 3 heterocycles. The number of aromatic nitrogens is 6. The molecule has 148 valence electrons. The van der Waals surface area contributed by atoms with E-state index < -0.39 is 0 Å². The number of methoxy groups -OCH3 is 1. The number of nitrogens with zero attached hydrogens (tertiary/aromatic N) is 6. The Morgan fingerprint density at radius 3 is 2.76 bits per heavy atom. The van der Waals surface area contributed by atoms with Gasteiger partial charge in [-0.2, -0.15) is 4.98 Å². The maximum Gasteiger partial charge on any atom is 0.277 e. The summed E-state index contributed by atoms with van der Waals surface area (Å²) in [4.78, 5) is 20.9. The minimum Gasteiger partial charge on any atom is -0.497 e. The van der Waals surface area contributed by atoms with Crippen molar-refractivity contribution in [3.8, 4) is 5.75 Å². The van der Waals surface area contributed by atoms with E-state index in [-0.39, 0.29) is 11.5 Å². The molecule has 29 heavy (non-hydrogen) atoms. The first-order valence-corrected chi connectivity index (χ1v) is 10.5. The van der Waals surface area contributed by atoms with Crippen molar-refractivity contribution in [1.29, 1.82) is 0 Å². The van der Waals surface area contributed by atoms with Crippen LogP contribution in [0.15, 0.2) is 51.3 Å². The fourth-order valence-corrected chi connectivity index (χ4v) is 3.71. The average molecular weight is 428 g/mol. The third kappa shape index (κ3) is 4.74. The molecule has 4 aromatic rings. The molecule has 0 fully saturated rings. The molecule has 4 rings (SSSR count). The zero-order valence-electron chi connectivity index (χ0n) is 15.6. The van der Waals surface area contributed by atoms with Crippen LogP contribution in [0.3, 0.4) is 0 Å². The van der Waals surface area contributed by atoms with E-state index in [1.807, 2.05) is 19.2 Å². The molecule has 0 saturated carbocycles. The summed E-state index contributed by atoms with van der Waals surface area (Å²) in [6.07, 6.45) is 1.82. The third-order valence-corrected chi connectivity index (χ3v) is 5.48. The molecule has 0 aliphatic heterocycles. The zero-order valence-corrected chi connectivity index (χ0v) is 17.2. The van der Waals surface area contributed by atoms with E-state index in [0.717, 1.165) is 5.69 Å². The zero-order chi connectivity index (χ0) is 20.2. The Labute approximate surface area is 174 Å². The van der Waals surface area contributed by atoms with Crippen LogP contribution in [-0.2, 0) is 5.75 Å². The Bertz CT molecular complexity index is 1140. The van der Waals surface area contributed by atoms with Gasteiger partial charge in [-0.25, -0.2) is 9.50 Å². The van der Waals surface area contributed by atoms with Crippen molar-refractivity contribution >= 4 is 35.1 Å². The van der Waals surface area contributed by atoms with Gasteiger partial charge in [0.15, 0.2) is 5.78 Å². The molecule has 0 aliphatic carbocycles. The summed E-state index contributed by atoms with van der Waals surface area (Å²) < 4.78 is 12.3. The molecule has 0 bridgehead atoms. The monoisotopic (exact) mass is 428 g/mol. The first-order chi connectivity index (χ1) is 14.1. The number of ether oxygens (including phenoxy) is 1. The van der Waals surface area contributed by atoms with Gasteiger partial charge in [-0.1, -0.05) is 23.5 Å². The van der Waals surface area contributed by atoms with E-state index in [4.69, 9.17) is 9.15 Å². The summed E-state index contributed by atoms with van der Waals surface area (Å²) in [5.74, 6) is 2.31. The first kappa shape index (κ1) is 19.4. The molecule has 3 aromatic heterocycles. The van der Waals surface area contributed by atoms with Gasteiger partial charge in [-0.3, -0.25) is 4.79 Å². The molecule has 0 saturated heterocycles. The molecule has 0 aliphatic rings. The number of benzene rings is 1. The number of hydrogen-bond donors (Lipinski definition) is 0. The number of thioether (sulfide) groups is 2. The molecule has 0 atom stereocenters. The molecule has 11 heteroatoms. The molecule has 1 aromatic carbocycles. The molecular formula is C18H16N6O3S2. The van der Waals surface area contributed by atoms with E-state index >= 15 is 0 Å². The predicted molar refractivity (Wildman–Crippen MR) is 107 cm³/mol. The molecule has 0 N–H and O–H groups in total. The second-order valence-electron chi connectivity index (χ2n) is 5.90. The Hall–Kier alpha value is -2.92. The fraction of sp³-hybridized carbons (Fsp3) is 0.222. The van der Waals surface area contributed by atoms with Gasteiger partial charge >= 0.3 is 0 Å². The lowest BCUT2D eigenvalue weighted by Gasteiger charge is -2.01. The van der Waals surface area contributed by atoms with Crippen molar-refractivity contribution in [1.82, 2.24) is 29.8 Å². The highest BCUT2D eigenvalue weighted by molar-refractivity contribution is 7.99. The highest BCUT2D eigenvalue weighted by Gasteiger charge is 2.13. The second-order valence-corrected chi connectivity index (χ2v) is 7.77. The molecular weight excluding hydrogens is 412 g/mol. The smallest absolute Gasteiger partial charge is 0.277 e. The van der Waals surface area contributed by atoms with Crippen LogP contribution in [0.1, 0.15) is 21.9 Å². The molecule has 0 amide bonds. The molecule has 0 spiro atoms. The topological polar surface area (TPSA) is 108 Å². The van der Waals surface area contributed by atoms with Gasteiger partial charge in [-0.05, 0) is 37.3 Å². The number of carbonyl (C=O) groups excluding carboxylic acids is 1.